The SMILES string of the molecule is CC(C)CC(=O)N1CCCC1.CC(C)CC(=O)N1CCCC1.CC(C)CC(=O)N1CCCCC1.CC(C)CC(=O)N1CCCCC1.CC(C)CC(=O)N1CCOCC1.CC(C)CC(=O)N1CCOCC1. The lowest BCUT2D eigenvalue weighted by atomic mass is 10.1. The van der Waals surface area contributed by atoms with Gasteiger partial charge in [0.25, 0.3) is 0 Å². The van der Waals surface area contributed by atoms with Gasteiger partial charge in [-0.1, -0.05) is 83.1 Å². The number of carbonyl (C=O) groups is 6. The molecule has 0 atom stereocenters. The fraction of sp³-hybridized carbons (Fsp3) is 0.893. The fourth-order valence-corrected chi connectivity index (χ4v) is 8.72. The molecule has 70 heavy (non-hydrogen) atoms. The summed E-state index contributed by atoms with van der Waals surface area (Å²) in [5, 5.41) is 0. The average molecular weight is 991 g/mol. The van der Waals surface area contributed by atoms with Crippen molar-refractivity contribution in [1.29, 1.82) is 0 Å². The van der Waals surface area contributed by atoms with Crippen LogP contribution in [0.25, 0.3) is 0 Å². The molecule has 0 saturated carbocycles. The van der Waals surface area contributed by atoms with Gasteiger partial charge in [0, 0.05) is 117 Å². The van der Waals surface area contributed by atoms with Gasteiger partial charge in [-0.3, -0.25) is 28.8 Å². The quantitative estimate of drug-likeness (QED) is 0.189. The second kappa shape index (κ2) is 38.4. The molecule has 0 radical (unpaired) electrons. The predicted octanol–water partition coefficient (Wildman–Crippen LogP) is 9.18. The lowest BCUT2D eigenvalue weighted by Gasteiger charge is -2.27. The monoisotopic (exact) mass is 991 g/mol. The van der Waals surface area contributed by atoms with E-state index >= 15 is 0 Å². The molecule has 0 unspecified atom stereocenters. The minimum absolute atomic E-state index is 0.272. The summed E-state index contributed by atoms with van der Waals surface area (Å²) in [6, 6.07) is 0. The minimum Gasteiger partial charge on any atom is -0.378 e. The van der Waals surface area contributed by atoms with Crippen LogP contribution in [0.1, 0.15) is 186 Å². The van der Waals surface area contributed by atoms with Gasteiger partial charge >= 0.3 is 0 Å². The number of carbonyl (C=O) groups excluding carboxylic acids is 6. The zero-order valence-electron chi connectivity index (χ0n) is 47.0. The van der Waals surface area contributed by atoms with Gasteiger partial charge in [-0.2, -0.15) is 0 Å². The van der Waals surface area contributed by atoms with Crippen molar-refractivity contribution in [3.05, 3.63) is 0 Å². The number of likely N-dealkylation sites (tertiary alicyclic amines) is 4. The van der Waals surface area contributed by atoms with Crippen molar-refractivity contribution in [2.75, 3.05) is 105 Å². The summed E-state index contributed by atoms with van der Waals surface area (Å²) < 4.78 is 10.3. The summed E-state index contributed by atoms with van der Waals surface area (Å²) in [7, 11) is 0. The van der Waals surface area contributed by atoms with E-state index in [2.05, 4.69) is 83.1 Å². The summed E-state index contributed by atoms with van der Waals surface area (Å²) in [6.45, 7) is 38.8. The highest BCUT2D eigenvalue weighted by molar-refractivity contribution is 5.78. The van der Waals surface area contributed by atoms with Crippen LogP contribution in [-0.2, 0) is 38.2 Å². The Balaban J connectivity index is 0.000000420. The lowest BCUT2D eigenvalue weighted by molar-refractivity contribution is -0.136. The predicted molar refractivity (Wildman–Crippen MR) is 284 cm³/mol. The Hall–Kier alpha value is -3.26. The largest absolute Gasteiger partial charge is 0.378 e. The molecule has 0 aliphatic carbocycles. The first-order valence-corrected chi connectivity index (χ1v) is 28.0. The maximum atomic E-state index is 11.5. The Morgan fingerprint density at radius 1 is 0.257 bits per heavy atom. The molecule has 6 saturated heterocycles. The number of morpholine rings is 2. The highest BCUT2D eigenvalue weighted by Gasteiger charge is 2.22. The van der Waals surface area contributed by atoms with Crippen molar-refractivity contribution in [2.24, 2.45) is 35.5 Å². The maximum Gasteiger partial charge on any atom is 0.222 e. The smallest absolute Gasteiger partial charge is 0.222 e. The molecule has 408 valence electrons. The van der Waals surface area contributed by atoms with Crippen molar-refractivity contribution in [3.8, 4) is 0 Å². The Morgan fingerprint density at radius 2 is 0.400 bits per heavy atom. The molecular weight excluding hydrogens is 885 g/mol. The molecular formula is C56H106N6O8. The van der Waals surface area contributed by atoms with E-state index in [1.54, 1.807) is 0 Å². The molecule has 6 fully saturated rings. The number of hydrogen-bond acceptors (Lipinski definition) is 8. The number of ether oxygens (including phenoxy) is 2. The third-order valence-corrected chi connectivity index (χ3v) is 12.6. The first-order chi connectivity index (χ1) is 33.2. The normalized spacial score (nSPS) is 18.3. The average Bonchev–Trinajstić information content (AvgIpc) is 4.07. The zero-order valence-corrected chi connectivity index (χ0v) is 47.0. The van der Waals surface area contributed by atoms with Crippen molar-refractivity contribution in [1.82, 2.24) is 29.4 Å². The van der Waals surface area contributed by atoms with E-state index in [1.165, 1.54) is 64.2 Å². The van der Waals surface area contributed by atoms with Crippen molar-refractivity contribution in [3.63, 3.8) is 0 Å². The molecule has 14 nitrogen and oxygen atoms in total. The van der Waals surface area contributed by atoms with Crippen LogP contribution in [0.3, 0.4) is 0 Å². The number of rotatable bonds is 12. The molecule has 6 aliphatic rings. The highest BCUT2D eigenvalue weighted by atomic mass is 16.5. The summed E-state index contributed by atoms with van der Waals surface area (Å²) in [5.74, 6) is 4.86. The second-order valence-electron chi connectivity index (χ2n) is 22.6. The van der Waals surface area contributed by atoms with E-state index in [4.69, 9.17) is 9.47 Å². The van der Waals surface area contributed by atoms with Gasteiger partial charge in [-0.15, -0.1) is 0 Å². The fourth-order valence-electron chi connectivity index (χ4n) is 8.72. The molecule has 6 rings (SSSR count). The third-order valence-electron chi connectivity index (χ3n) is 12.6. The Labute approximate surface area is 428 Å². The Kier molecular flexibility index (Phi) is 35.5. The Morgan fingerprint density at radius 3 is 0.557 bits per heavy atom. The molecule has 0 aromatic rings. The van der Waals surface area contributed by atoms with Crippen molar-refractivity contribution < 1.29 is 38.2 Å². The van der Waals surface area contributed by atoms with Crippen LogP contribution in [-0.4, -0.2) is 170 Å². The summed E-state index contributed by atoms with van der Waals surface area (Å²) in [6.07, 6.45) is 16.4. The van der Waals surface area contributed by atoms with Crippen LogP contribution in [0, 0.1) is 35.5 Å². The molecule has 14 heteroatoms. The van der Waals surface area contributed by atoms with Gasteiger partial charge in [-0.25, -0.2) is 0 Å². The first kappa shape index (κ1) is 64.8. The lowest BCUT2D eigenvalue weighted by Crippen LogP contribution is -2.41. The number of amides is 6. The van der Waals surface area contributed by atoms with E-state index in [9.17, 15) is 28.8 Å². The van der Waals surface area contributed by atoms with Crippen LogP contribution in [0.15, 0.2) is 0 Å². The van der Waals surface area contributed by atoms with Gasteiger partial charge in [0.2, 0.25) is 35.4 Å². The van der Waals surface area contributed by atoms with E-state index in [1.807, 2.05) is 29.4 Å². The van der Waals surface area contributed by atoms with Crippen LogP contribution >= 0.6 is 0 Å². The highest BCUT2D eigenvalue weighted by Crippen LogP contribution is 2.15. The second-order valence-corrected chi connectivity index (χ2v) is 22.6. The molecule has 6 heterocycles. The number of hydrogen-bond donors (Lipinski definition) is 0. The van der Waals surface area contributed by atoms with Crippen LogP contribution in [0.5, 0.6) is 0 Å². The van der Waals surface area contributed by atoms with E-state index in [0.29, 0.717) is 98.4 Å². The summed E-state index contributed by atoms with van der Waals surface area (Å²) >= 11 is 0. The minimum atomic E-state index is 0.272. The van der Waals surface area contributed by atoms with Crippen molar-refractivity contribution >= 4 is 35.4 Å². The topological polar surface area (TPSA) is 140 Å². The van der Waals surface area contributed by atoms with Gasteiger partial charge in [-0.05, 0) is 99.7 Å². The van der Waals surface area contributed by atoms with E-state index in [-0.39, 0.29) is 11.8 Å². The standard InChI is InChI=1S/2C10H19NO.2C9H17NO2.2C9H17NO/c2*1-9(2)8-10(12)11-6-4-3-5-7-11;2*1-8(2)7-9(11)10-3-5-12-6-4-10;2*1-8(2)7-9(11)10-5-3-4-6-10/h2*9H,3-8H2,1-2H3;2*8H,3-7H2,1-2H3;2*8H,3-7H2,1-2H3. The zero-order chi connectivity index (χ0) is 52.4. The van der Waals surface area contributed by atoms with E-state index in [0.717, 1.165) is 104 Å². The Bertz CT molecular complexity index is 1240. The molecule has 6 aliphatic heterocycles. The molecule has 0 N–H and O–H groups in total. The molecule has 0 spiro atoms. The van der Waals surface area contributed by atoms with Crippen LogP contribution in [0.4, 0.5) is 0 Å². The van der Waals surface area contributed by atoms with Gasteiger partial charge < -0.3 is 38.9 Å². The van der Waals surface area contributed by atoms with Gasteiger partial charge in [0.15, 0.2) is 0 Å². The third kappa shape index (κ3) is 31.9. The first-order valence-electron chi connectivity index (χ1n) is 28.0. The van der Waals surface area contributed by atoms with Gasteiger partial charge in [0.05, 0.1) is 26.4 Å². The van der Waals surface area contributed by atoms with Crippen LogP contribution in [0.2, 0.25) is 0 Å². The van der Waals surface area contributed by atoms with E-state index < -0.39 is 0 Å². The molecule has 6 amide bonds. The molecule has 0 bridgehead atoms. The van der Waals surface area contributed by atoms with Crippen molar-refractivity contribution in [2.45, 2.75) is 186 Å². The maximum absolute atomic E-state index is 11.5. The molecule has 0 aromatic carbocycles. The summed E-state index contributed by atoms with van der Waals surface area (Å²) in [4.78, 5) is 80.6. The number of nitrogens with zero attached hydrogens (tertiary/aromatic N) is 6. The molecule has 0 aromatic heterocycles. The van der Waals surface area contributed by atoms with Gasteiger partial charge in [0.1, 0.15) is 0 Å². The van der Waals surface area contributed by atoms with Crippen LogP contribution < -0.4 is 0 Å². The number of piperidine rings is 2. The summed E-state index contributed by atoms with van der Waals surface area (Å²) in [5.41, 5.74) is 0.